The molecule has 1 rings (SSSR count). The van der Waals surface area contributed by atoms with Crippen LogP contribution in [0, 0.1) is 5.92 Å². The fourth-order valence-corrected chi connectivity index (χ4v) is 1.92. The first-order valence-electron chi connectivity index (χ1n) is 4.02. The first kappa shape index (κ1) is 8.54. The van der Waals surface area contributed by atoms with Crippen LogP contribution >= 0.6 is 15.9 Å². The molecule has 0 saturated carbocycles. The zero-order valence-electron chi connectivity index (χ0n) is 6.48. The van der Waals surface area contributed by atoms with Crippen molar-refractivity contribution in [3.8, 4) is 0 Å². The van der Waals surface area contributed by atoms with E-state index in [2.05, 4.69) is 22.9 Å². The molecule has 60 valence electrons. The second kappa shape index (κ2) is 4.35. The van der Waals surface area contributed by atoms with Gasteiger partial charge in [-0.3, -0.25) is 0 Å². The molecule has 1 aliphatic heterocycles. The van der Waals surface area contributed by atoms with Gasteiger partial charge in [0.05, 0.1) is 0 Å². The highest BCUT2D eigenvalue weighted by atomic mass is 79.9. The Kier molecular flexibility index (Phi) is 3.71. The Morgan fingerprint density at radius 3 is 2.90 bits per heavy atom. The number of halogens is 1. The smallest absolute Gasteiger partial charge is 0.0469 e. The van der Waals surface area contributed by atoms with E-state index < -0.39 is 0 Å². The van der Waals surface area contributed by atoms with Crippen LogP contribution in [-0.4, -0.2) is 18.0 Å². The number of ether oxygens (including phenoxy) is 1. The molecule has 0 aromatic carbocycles. The minimum absolute atomic E-state index is 0.661. The van der Waals surface area contributed by atoms with Gasteiger partial charge in [-0.15, -0.1) is 0 Å². The van der Waals surface area contributed by atoms with Crippen LogP contribution in [0.3, 0.4) is 0 Å². The first-order valence-corrected chi connectivity index (χ1v) is 4.94. The molecule has 1 nitrogen and oxygen atoms in total. The van der Waals surface area contributed by atoms with Gasteiger partial charge in [-0.05, 0) is 25.2 Å². The lowest BCUT2D eigenvalue weighted by Gasteiger charge is -2.14. The van der Waals surface area contributed by atoms with Crippen LogP contribution in [0.2, 0.25) is 0 Å². The molecule has 0 spiro atoms. The molecule has 1 saturated heterocycles. The third-order valence-corrected chi connectivity index (χ3v) is 2.89. The lowest BCUT2D eigenvalue weighted by molar-refractivity contribution is 0.141. The van der Waals surface area contributed by atoms with Crippen molar-refractivity contribution in [1.82, 2.24) is 0 Å². The normalized spacial score (nSPS) is 31.2. The van der Waals surface area contributed by atoms with Crippen LogP contribution in [0.25, 0.3) is 0 Å². The van der Waals surface area contributed by atoms with Crippen molar-refractivity contribution in [2.24, 2.45) is 5.92 Å². The highest BCUT2D eigenvalue weighted by molar-refractivity contribution is 9.09. The first-order chi connectivity index (χ1) is 4.80. The maximum absolute atomic E-state index is 5.35. The third-order valence-electron chi connectivity index (χ3n) is 2.15. The Labute approximate surface area is 71.3 Å². The van der Waals surface area contributed by atoms with Crippen LogP contribution in [0.15, 0.2) is 0 Å². The summed E-state index contributed by atoms with van der Waals surface area (Å²) >= 11 is 3.62. The number of hydrogen-bond donors (Lipinski definition) is 0. The van der Waals surface area contributed by atoms with Gasteiger partial charge in [0.25, 0.3) is 0 Å². The average Bonchev–Trinajstić information content (AvgIpc) is 2.12. The quantitative estimate of drug-likeness (QED) is 0.600. The van der Waals surface area contributed by atoms with E-state index >= 15 is 0 Å². The van der Waals surface area contributed by atoms with Gasteiger partial charge in [-0.1, -0.05) is 22.9 Å². The molecule has 0 aromatic rings. The topological polar surface area (TPSA) is 9.23 Å². The second-order valence-electron chi connectivity index (χ2n) is 2.98. The summed E-state index contributed by atoms with van der Waals surface area (Å²) in [5, 5.41) is 0. The van der Waals surface area contributed by atoms with Crippen molar-refractivity contribution in [3.05, 3.63) is 0 Å². The summed E-state index contributed by atoms with van der Waals surface area (Å²) in [6.45, 7) is 4.16. The number of hydrogen-bond acceptors (Lipinski definition) is 1. The molecule has 0 N–H and O–H groups in total. The summed E-state index contributed by atoms with van der Waals surface area (Å²) in [5.74, 6) is 0.836. The molecule has 1 fully saturated rings. The monoisotopic (exact) mass is 206 g/mol. The Morgan fingerprint density at radius 2 is 2.20 bits per heavy atom. The van der Waals surface area contributed by atoms with E-state index in [0.717, 1.165) is 19.1 Å². The zero-order chi connectivity index (χ0) is 7.40. The van der Waals surface area contributed by atoms with Crippen LogP contribution in [-0.2, 0) is 4.74 Å². The maximum atomic E-state index is 5.35. The maximum Gasteiger partial charge on any atom is 0.0469 e. The summed E-state index contributed by atoms with van der Waals surface area (Å²) in [5.41, 5.74) is 0. The molecule has 2 heteroatoms. The Bertz CT molecular complexity index is 85.3. The molecule has 2 atom stereocenters. The lowest BCUT2D eigenvalue weighted by Crippen LogP contribution is -2.10. The van der Waals surface area contributed by atoms with E-state index in [1.165, 1.54) is 19.3 Å². The van der Waals surface area contributed by atoms with Crippen LogP contribution in [0.1, 0.15) is 26.2 Å². The van der Waals surface area contributed by atoms with Crippen molar-refractivity contribution >= 4 is 15.9 Å². The highest BCUT2D eigenvalue weighted by Gasteiger charge is 2.16. The summed E-state index contributed by atoms with van der Waals surface area (Å²) in [6, 6.07) is 0. The Morgan fingerprint density at radius 1 is 1.40 bits per heavy atom. The average molecular weight is 207 g/mol. The van der Waals surface area contributed by atoms with Gasteiger partial charge in [-0.2, -0.15) is 0 Å². The van der Waals surface area contributed by atoms with Crippen LogP contribution in [0.4, 0.5) is 0 Å². The molecule has 0 radical (unpaired) electrons. The van der Waals surface area contributed by atoms with E-state index in [1.807, 2.05) is 0 Å². The van der Waals surface area contributed by atoms with E-state index in [9.17, 15) is 0 Å². The van der Waals surface area contributed by atoms with E-state index in [4.69, 9.17) is 4.74 Å². The minimum Gasteiger partial charge on any atom is -0.381 e. The van der Waals surface area contributed by atoms with Gasteiger partial charge in [0, 0.05) is 18.0 Å². The van der Waals surface area contributed by atoms with Crippen molar-refractivity contribution in [1.29, 1.82) is 0 Å². The van der Waals surface area contributed by atoms with Gasteiger partial charge in [0.1, 0.15) is 0 Å². The number of rotatable bonds is 1. The van der Waals surface area contributed by atoms with Crippen molar-refractivity contribution in [2.45, 2.75) is 31.0 Å². The van der Waals surface area contributed by atoms with Crippen molar-refractivity contribution < 1.29 is 4.74 Å². The fraction of sp³-hybridized carbons (Fsp3) is 1.00. The van der Waals surface area contributed by atoms with E-state index in [1.54, 1.807) is 0 Å². The molecular formula is C8H15BrO. The van der Waals surface area contributed by atoms with Gasteiger partial charge < -0.3 is 4.74 Å². The second-order valence-corrected chi connectivity index (χ2v) is 4.43. The zero-order valence-corrected chi connectivity index (χ0v) is 8.06. The minimum atomic E-state index is 0.661. The van der Waals surface area contributed by atoms with Gasteiger partial charge >= 0.3 is 0 Å². The third kappa shape index (κ3) is 2.59. The molecule has 0 aliphatic carbocycles. The summed E-state index contributed by atoms with van der Waals surface area (Å²) in [4.78, 5) is 0.661. The van der Waals surface area contributed by atoms with Crippen molar-refractivity contribution in [2.75, 3.05) is 13.2 Å². The lowest BCUT2D eigenvalue weighted by atomic mass is 9.98. The molecule has 10 heavy (non-hydrogen) atoms. The van der Waals surface area contributed by atoms with E-state index in [0.29, 0.717) is 4.83 Å². The standard InChI is InChI=1S/C8H15BrO/c1-7(9)8-3-2-5-10-6-4-8/h7-8H,2-6H2,1H3. The summed E-state index contributed by atoms with van der Waals surface area (Å²) in [6.07, 6.45) is 3.79. The summed E-state index contributed by atoms with van der Waals surface area (Å²) in [7, 11) is 0. The van der Waals surface area contributed by atoms with Crippen LogP contribution in [0.5, 0.6) is 0 Å². The van der Waals surface area contributed by atoms with Crippen LogP contribution < -0.4 is 0 Å². The molecule has 0 aromatic heterocycles. The predicted octanol–water partition coefficient (Wildman–Crippen LogP) is 2.59. The largest absolute Gasteiger partial charge is 0.381 e. The van der Waals surface area contributed by atoms with Gasteiger partial charge in [0.15, 0.2) is 0 Å². The molecule has 0 amide bonds. The fourth-order valence-electron chi connectivity index (χ4n) is 1.39. The van der Waals surface area contributed by atoms with E-state index in [-0.39, 0.29) is 0 Å². The Balaban J connectivity index is 2.28. The molecular weight excluding hydrogens is 192 g/mol. The molecule has 2 unspecified atom stereocenters. The molecule has 1 heterocycles. The predicted molar refractivity (Wildman–Crippen MR) is 46.5 cm³/mol. The number of alkyl halides is 1. The Hall–Kier alpha value is 0.440. The van der Waals surface area contributed by atoms with Gasteiger partial charge in [-0.25, -0.2) is 0 Å². The highest BCUT2D eigenvalue weighted by Crippen LogP contribution is 2.23. The molecule has 0 bridgehead atoms. The molecule has 1 aliphatic rings. The SMILES string of the molecule is CC(Br)C1CCCOCC1. The summed E-state index contributed by atoms with van der Waals surface area (Å²) < 4.78 is 5.35. The van der Waals surface area contributed by atoms with Crippen molar-refractivity contribution in [3.63, 3.8) is 0 Å². The van der Waals surface area contributed by atoms with Gasteiger partial charge in [0.2, 0.25) is 0 Å².